The highest BCUT2D eigenvalue weighted by Crippen LogP contribution is 2.27. The molecule has 0 aliphatic heterocycles. The molecule has 0 aromatic heterocycles. The first kappa shape index (κ1) is 21.0. The number of likely N-dealkylation sites (N-methyl/N-ethyl adjacent to an activating group) is 1. The predicted octanol–water partition coefficient (Wildman–Crippen LogP) is 1.92. The van der Waals surface area contributed by atoms with Crippen LogP contribution in [0.5, 0.6) is 11.5 Å². The maximum atomic E-state index is 12.5. The average molecular weight is 406 g/mol. The van der Waals surface area contributed by atoms with Crippen molar-refractivity contribution in [2.75, 3.05) is 32.6 Å². The zero-order valence-electron chi connectivity index (χ0n) is 15.4. The van der Waals surface area contributed by atoms with E-state index in [0.717, 1.165) is 0 Å². The minimum absolute atomic E-state index is 0.172. The minimum Gasteiger partial charge on any atom is -0.495 e. The van der Waals surface area contributed by atoms with Crippen LogP contribution < -0.4 is 20.5 Å². The number of halogens is 1. The zero-order chi connectivity index (χ0) is 20.7. The van der Waals surface area contributed by atoms with Gasteiger partial charge in [-0.25, -0.2) is 0 Å². The molecule has 0 spiro atoms. The molecule has 2 aromatic rings. The second-order valence-corrected chi connectivity index (χ2v) is 6.27. The summed E-state index contributed by atoms with van der Waals surface area (Å²) in [6.07, 6.45) is 0. The Morgan fingerprint density at radius 2 is 1.82 bits per heavy atom. The van der Waals surface area contributed by atoms with Gasteiger partial charge in [0.15, 0.2) is 6.61 Å². The van der Waals surface area contributed by atoms with Gasteiger partial charge in [0, 0.05) is 17.6 Å². The third kappa shape index (κ3) is 5.88. The molecule has 0 aliphatic carbocycles. The van der Waals surface area contributed by atoms with Crippen LogP contribution in [0, 0.1) is 0 Å². The van der Waals surface area contributed by atoms with Crippen molar-refractivity contribution in [3.05, 3.63) is 53.1 Å². The summed E-state index contributed by atoms with van der Waals surface area (Å²) < 4.78 is 10.3. The molecule has 0 aliphatic rings. The van der Waals surface area contributed by atoms with Crippen LogP contribution in [0.3, 0.4) is 0 Å². The smallest absolute Gasteiger partial charge is 0.255 e. The largest absolute Gasteiger partial charge is 0.495 e. The quantitative estimate of drug-likeness (QED) is 0.697. The van der Waals surface area contributed by atoms with E-state index in [0.29, 0.717) is 27.8 Å². The highest BCUT2D eigenvalue weighted by molar-refractivity contribution is 6.31. The topological polar surface area (TPSA) is 111 Å². The van der Waals surface area contributed by atoms with E-state index < -0.39 is 11.8 Å². The number of benzene rings is 2. The fourth-order valence-corrected chi connectivity index (χ4v) is 2.50. The summed E-state index contributed by atoms with van der Waals surface area (Å²) in [5, 5.41) is 3.11. The van der Waals surface area contributed by atoms with E-state index in [2.05, 4.69) is 5.32 Å². The number of nitrogens with two attached hydrogens (primary N) is 1. The van der Waals surface area contributed by atoms with E-state index in [-0.39, 0.29) is 19.1 Å². The van der Waals surface area contributed by atoms with Crippen molar-refractivity contribution >= 4 is 35.0 Å². The first-order valence-electron chi connectivity index (χ1n) is 8.20. The molecule has 0 unspecified atom stereocenters. The molecule has 3 N–H and O–H groups in total. The number of nitrogens with one attached hydrogen (secondary N) is 1. The normalized spacial score (nSPS) is 10.1. The maximum Gasteiger partial charge on any atom is 0.255 e. The molecule has 2 aromatic carbocycles. The number of rotatable bonds is 8. The molecular formula is C19H20ClN3O5. The van der Waals surface area contributed by atoms with Crippen molar-refractivity contribution < 1.29 is 23.9 Å². The van der Waals surface area contributed by atoms with Gasteiger partial charge in [-0.1, -0.05) is 11.6 Å². The van der Waals surface area contributed by atoms with Crippen molar-refractivity contribution in [3.8, 4) is 11.5 Å². The molecule has 0 bridgehead atoms. The van der Waals surface area contributed by atoms with Crippen LogP contribution in [0.15, 0.2) is 42.5 Å². The Bertz CT molecular complexity index is 870. The van der Waals surface area contributed by atoms with Crippen molar-refractivity contribution in [1.82, 2.24) is 4.90 Å². The first-order valence-corrected chi connectivity index (χ1v) is 8.58. The Hall–Kier alpha value is -3.26. The molecule has 8 nitrogen and oxygen atoms in total. The van der Waals surface area contributed by atoms with Gasteiger partial charge in [-0.15, -0.1) is 0 Å². The number of ether oxygens (including phenoxy) is 2. The molecule has 28 heavy (non-hydrogen) atoms. The number of methoxy groups -OCH3 is 1. The van der Waals surface area contributed by atoms with E-state index in [1.165, 1.54) is 31.2 Å². The van der Waals surface area contributed by atoms with Crippen LogP contribution in [0.25, 0.3) is 0 Å². The molecule has 148 valence electrons. The third-order valence-electron chi connectivity index (χ3n) is 3.65. The molecule has 0 saturated carbocycles. The maximum absolute atomic E-state index is 12.5. The zero-order valence-corrected chi connectivity index (χ0v) is 16.2. The molecule has 0 atom stereocenters. The van der Waals surface area contributed by atoms with Crippen LogP contribution >= 0.6 is 11.6 Å². The summed E-state index contributed by atoms with van der Waals surface area (Å²) in [5.74, 6) is -0.489. The summed E-state index contributed by atoms with van der Waals surface area (Å²) >= 11 is 5.94. The Labute approximate surface area is 167 Å². The number of hydrogen-bond donors (Lipinski definition) is 2. The standard InChI is InChI=1S/C19H20ClN3O5/c1-23(10-18(25)22-15-9-13(20)5-8-16(15)27-2)19(26)12-3-6-14(7-4-12)28-11-17(21)24/h3-9H,10-11H2,1-2H3,(H2,21,24)(H,22,25). The van der Waals surface area contributed by atoms with Crippen molar-refractivity contribution in [3.63, 3.8) is 0 Å². The average Bonchev–Trinajstić information content (AvgIpc) is 2.66. The lowest BCUT2D eigenvalue weighted by molar-refractivity contribution is -0.120. The number of carbonyl (C=O) groups is 3. The number of nitrogens with zero attached hydrogens (tertiary/aromatic N) is 1. The Morgan fingerprint density at radius 1 is 1.14 bits per heavy atom. The van der Waals surface area contributed by atoms with Crippen LogP contribution in [-0.4, -0.2) is 49.9 Å². The molecule has 0 heterocycles. The Kier molecular flexibility index (Phi) is 7.22. The second-order valence-electron chi connectivity index (χ2n) is 5.83. The van der Waals surface area contributed by atoms with E-state index in [9.17, 15) is 14.4 Å². The number of anilines is 1. The predicted molar refractivity (Wildman–Crippen MR) is 105 cm³/mol. The number of hydrogen-bond acceptors (Lipinski definition) is 5. The van der Waals surface area contributed by atoms with Crippen LogP contribution in [0.4, 0.5) is 5.69 Å². The summed E-state index contributed by atoms with van der Waals surface area (Å²) in [7, 11) is 2.99. The highest BCUT2D eigenvalue weighted by atomic mass is 35.5. The van der Waals surface area contributed by atoms with Gasteiger partial charge < -0.3 is 25.4 Å². The second kappa shape index (κ2) is 9.61. The number of carbonyl (C=O) groups excluding carboxylic acids is 3. The number of amides is 3. The van der Waals surface area contributed by atoms with Gasteiger partial charge in [-0.05, 0) is 42.5 Å². The van der Waals surface area contributed by atoms with Gasteiger partial charge in [0.2, 0.25) is 5.91 Å². The van der Waals surface area contributed by atoms with Crippen LogP contribution in [0.2, 0.25) is 5.02 Å². The Balaban J connectivity index is 1.97. The fraction of sp³-hybridized carbons (Fsp3) is 0.211. The highest BCUT2D eigenvalue weighted by Gasteiger charge is 2.16. The molecule has 2 rings (SSSR count). The van der Waals surface area contributed by atoms with Gasteiger partial charge in [0.25, 0.3) is 11.8 Å². The Morgan fingerprint density at radius 3 is 2.43 bits per heavy atom. The van der Waals surface area contributed by atoms with Crippen molar-refractivity contribution in [1.29, 1.82) is 0 Å². The summed E-state index contributed by atoms with van der Waals surface area (Å²) in [5.41, 5.74) is 5.79. The van der Waals surface area contributed by atoms with Gasteiger partial charge in [0.1, 0.15) is 11.5 Å². The number of primary amides is 1. The van der Waals surface area contributed by atoms with Gasteiger partial charge in [0.05, 0.1) is 19.3 Å². The molecule has 9 heteroatoms. The lowest BCUT2D eigenvalue weighted by Crippen LogP contribution is -2.35. The van der Waals surface area contributed by atoms with Crippen LogP contribution in [0.1, 0.15) is 10.4 Å². The monoisotopic (exact) mass is 405 g/mol. The third-order valence-corrected chi connectivity index (χ3v) is 3.88. The lowest BCUT2D eigenvalue weighted by atomic mass is 10.2. The lowest BCUT2D eigenvalue weighted by Gasteiger charge is -2.18. The van der Waals surface area contributed by atoms with E-state index in [1.54, 1.807) is 30.3 Å². The van der Waals surface area contributed by atoms with Gasteiger partial charge >= 0.3 is 0 Å². The SMILES string of the molecule is COc1ccc(Cl)cc1NC(=O)CN(C)C(=O)c1ccc(OCC(N)=O)cc1. The van der Waals surface area contributed by atoms with Gasteiger partial charge in [-0.3, -0.25) is 14.4 Å². The van der Waals surface area contributed by atoms with Crippen molar-refractivity contribution in [2.45, 2.75) is 0 Å². The van der Waals surface area contributed by atoms with Gasteiger partial charge in [-0.2, -0.15) is 0 Å². The van der Waals surface area contributed by atoms with E-state index in [4.69, 9.17) is 26.8 Å². The van der Waals surface area contributed by atoms with E-state index in [1.807, 2.05) is 0 Å². The fourth-order valence-electron chi connectivity index (χ4n) is 2.32. The van der Waals surface area contributed by atoms with Crippen molar-refractivity contribution in [2.24, 2.45) is 5.73 Å². The summed E-state index contributed by atoms with van der Waals surface area (Å²) in [4.78, 5) is 36.7. The molecular weight excluding hydrogens is 386 g/mol. The molecule has 3 amide bonds. The molecule has 0 saturated heterocycles. The summed E-state index contributed by atoms with van der Waals surface area (Å²) in [6.45, 7) is -0.422. The summed E-state index contributed by atoms with van der Waals surface area (Å²) in [6, 6.07) is 11.0. The first-order chi connectivity index (χ1) is 13.3. The minimum atomic E-state index is -0.595. The molecule has 0 fully saturated rings. The molecule has 0 radical (unpaired) electrons. The van der Waals surface area contributed by atoms with E-state index >= 15 is 0 Å². The van der Waals surface area contributed by atoms with Crippen LogP contribution in [-0.2, 0) is 9.59 Å².